The number of rotatable bonds is 3. The van der Waals surface area contributed by atoms with E-state index < -0.39 is 0 Å². The van der Waals surface area contributed by atoms with Crippen LogP contribution in [0.3, 0.4) is 0 Å². The van der Waals surface area contributed by atoms with Gasteiger partial charge in [0.25, 0.3) is 0 Å². The van der Waals surface area contributed by atoms with E-state index in [1.165, 1.54) is 6.08 Å². The molecule has 20 heavy (non-hydrogen) atoms. The van der Waals surface area contributed by atoms with Gasteiger partial charge >= 0.3 is 0 Å². The number of carbonyl (C=O) groups is 1. The van der Waals surface area contributed by atoms with Gasteiger partial charge in [0, 0.05) is 29.7 Å². The van der Waals surface area contributed by atoms with E-state index in [1.54, 1.807) is 36.7 Å². The number of pyridine rings is 1. The maximum Gasteiger partial charge on any atom is 0.231 e. The number of aromatic nitrogens is 1. The zero-order valence-electron chi connectivity index (χ0n) is 10.6. The van der Waals surface area contributed by atoms with Crippen molar-refractivity contribution in [3.63, 3.8) is 0 Å². The fraction of sp³-hybridized carbons (Fsp3) is 0.0667. The van der Waals surface area contributed by atoms with Crippen LogP contribution in [0.15, 0.2) is 42.7 Å². The molecule has 1 aromatic carbocycles. The molecule has 0 spiro atoms. The molecule has 100 valence electrons. The second-order valence-corrected chi connectivity index (χ2v) is 4.28. The van der Waals surface area contributed by atoms with Crippen molar-refractivity contribution in [2.24, 2.45) is 0 Å². The van der Waals surface area contributed by atoms with Gasteiger partial charge in [0.15, 0.2) is 17.3 Å². The third kappa shape index (κ3) is 2.33. The highest BCUT2D eigenvalue weighted by molar-refractivity contribution is 6.10. The van der Waals surface area contributed by atoms with Crippen LogP contribution in [0.2, 0.25) is 0 Å². The van der Waals surface area contributed by atoms with Crippen LogP contribution in [-0.4, -0.2) is 17.6 Å². The largest absolute Gasteiger partial charge is 0.454 e. The van der Waals surface area contributed by atoms with Gasteiger partial charge in [0.1, 0.15) is 0 Å². The van der Waals surface area contributed by atoms with Gasteiger partial charge in [-0.15, -0.1) is 0 Å². The number of anilines is 1. The lowest BCUT2D eigenvalue weighted by Crippen LogP contribution is -2.00. The zero-order valence-corrected chi connectivity index (χ0v) is 10.6. The Bertz CT molecular complexity index is 681. The number of nitrogens with two attached hydrogens (primary N) is 1. The third-order valence-electron chi connectivity index (χ3n) is 2.92. The van der Waals surface area contributed by atoms with E-state index in [-0.39, 0.29) is 12.6 Å². The molecular formula is C15H12N2O3. The second-order valence-electron chi connectivity index (χ2n) is 4.28. The molecule has 0 aliphatic carbocycles. The Morgan fingerprint density at radius 1 is 1.30 bits per heavy atom. The monoisotopic (exact) mass is 268 g/mol. The number of ether oxygens (including phenoxy) is 2. The summed E-state index contributed by atoms with van der Waals surface area (Å²) in [6, 6.07) is 6.87. The molecule has 0 saturated carbocycles. The first-order chi connectivity index (χ1) is 9.74. The summed E-state index contributed by atoms with van der Waals surface area (Å²) in [5.74, 6) is 0.914. The predicted octanol–water partition coefficient (Wildman–Crippen LogP) is 2.29. The molecule has 1 aliphatic heterocycles. The highest BCUT2D eigenvalue weighted by atomic mass is 16.7. The van der Waals surface area contributed by atoms with Gasteiger partial charge in [0.05, 0.1) is 0 Å². The van der Waals surface area contributed by atoms with Gasteiger partial charge in [0.2, 0.25) is 6.79 Å². The minimum atomic E-state index is -0.190. The van der Waals surface area contributed by atoms with E-state index >= 15 is 0 Å². The lowest BCUT2D eigenvalue weighted by atomic mass is 10.1. The van der Waals surface area contributed by atoms with Crippen LogP contribution in [0, 0.1) is 0 Å². The van der Waals surface area contributed by atoms with Crippen LogP contribution in [0.4, 0.5) is 5.69 Å². The van der Waals surface area contributed by atoms with Gasteiger partial charge in [-0.3, -0.25) is 9.78 Å². The molecule has 2 aromatic rings. The molecule has 5 nitrogen and oxygen atoms in total. The molecule has 0 radical (unpaired) electrons. The molecular weight excluding hydrogens is 256 g/mol. The van der Waals surface area contributed by atoms with Crippen molar-refractivity contribution in [3.8, 4) is 11.5 Å². The van der Waals surface area contributed by atoms with Crippen LogP contribution in [0.25, 0.3) is 6.08 Å². The zero-order chi connectivity index (χ0) is 13.9. The average Bonchev–Trinajstić information content (AvgIpc) is 2.92. The van der Waals surface area contributed by atoms with E-state index in [1.807, 2.05) is 6.07 Å². The summed E-state index contributed by atoms with van der Waals surface area (Å²) >= 11 is 0. The summed E-state index contributed by atoms with van der Waals surface area (Å²) in [6.07, 6.45) is 6.51. The molecule has 5 heteroatoms. The normalized spacial score (nSPS) is 12.8. The molecule has 1 aliphatic rings. The summed E-state index contributed by atoms with van der Waals surface area (Å²) in [6.45, 7) is 0.151. The standard InChI is InChI=1S/C15H12N2O3/c16-12-7-15-14(19-9-20-15)6-11(12)13(18)4-3-10-2-1-5-17-8-10/h1-8H,9,16H2/b4-3+. The van der Waals surface area contributed by atoms with Crippen LogP contribution in [0.1, 0.15) is 15.9 Å². The van der Waals surface area contributed by atoms with Gasteiger partial charge in [-0.2, -0.15) is 0 Å². The first-order valence-electron chi connectivity index (χ1n) is 6.05. The minimum Gasteiger partial charge on any atom is -0.454 e. The average molecular weight is 268 g/mol. The number of fused-ring (bicyclic) bond motifs is 1. The van der Waals surface area contributed by atoms with Crippen molar-refractivity contribution in [1.29, 1.82) is 0 Å². The molecule has 0 bridgehead atoms. The smallest absolute Gasteiger partial charge is 0.231 e. The second kappa shape index (κ2) is 5.05. The molecule has 0 saturated heterocycles. The Kier molecular flexibility index (Phi) is 3.09. The molecule has 0 unspecified atom stereocenters. The number of nitrogen functional groups attached to an aromatic ring is 1. The highest BCUT2D eigenvalue weighted by Crippen LogP contribution is 2.36. The van der Waals surface area contributed by atoms with Gasteiger partial charge in [-0.1, -0.05) is 6.07 Å². The fourth-order valence-corrected chi connectivity index (χ4v) is 1.91. The topological polar surface area (TPSA) is 74.4 Å². The lowest BCUT2D eigenvalue weighted by molar-refractivity contribution is 0.104. The van der Waals surface area contributed by atoms with Crippen LogP contribution >= 0.6 is 0 Å². The van der Waals surface area contributed by atoms with Crippen LogP contribution in [0.5, 0.6) is 11.5 Å². The summed E-state index contributed by atoms with van der Waals surface area (Å²) in [5, 5.41) is 0. The van der Waals surface area contributed by atoms with E-state index in [0.29, 0.717) is 22.7 Å². The summed E-state index contributed by atoms with van der Waals surface area (Å²) in [7, 11) is 0. The van der Waals surface area contributed by atoms with Crippen molar-refractivity contribution in [1.82, 2.24) is 4.98 Å². The molecule has 3 rings (SSSR count). The molecule has 0 amide bonds. The Hall–Kier alpha value is -2.82. The Balaban J connectivity index is 1.86. The number of carbonyl (C=O) groups excluding carboxylic acids is 1. The summed E-state index contributed by atoms with van der Waals surface area (Å²) in [4.78, 5) is 16.1. The molecule has 2 heterocycles. The van der Waals surface area contributed by atoms with Crippen LogP contribution < -0.4 is 15.2 Å². The minimum absolute atomic E-state index is 0.151. The molecule has 0 atom stereocenters. The van der Waals surface area contributed by atoms with E-state index in [2.05, 4.69) is 4.98 Å². The molecule has 1 aromatic heterocycles. The van der Waals surface area contributed by atoms with E-state index in [9.17, 15) is 4.79 Å². The fourth-order valence-electron chi connectivity index (χ4n) is 1.91. The van der Waals surface area contributed by atoms with E-state index in [4.69, 9.17) is 15.2 Å². The van der Waals surface area contributed by atoms with Gasteiger partial charge < -0.3 is 15.2 Å². The van der Waals surface area contributed by atoms with Crippen LogP contribution in [-0.2, 0) is 0 Å². The van der Waals surface area contributed by atoms with Crippen molar-refractivity contribution in [3.05, 3.63) is 53.9 Å². The Morgan fingerprint density at radius 2 is 2.10 bits per heavy atom. The lowest BCUT2D eigenvalue weighted by Gasteiger charge is -2.04. The summed E-state index contributed by atoms with van der Waals surface area (Å²) < 4.78 is 10.4. The molecule has 0 fully saturated rings. The van der Waals surface area contributed by atoms with Gasteiger partial charge in [-0.25, -0.2) is 0 Å². The SMILES string of the molecule is Nc1cc2c(cc1C(=O)/C=C/c1cccnc1)OCO2. The number of hydrogen-bond acceptors (Lipinski definition) is 5. The highest BCUT2D eigenvalue weighted by Gasteiger charge is 2.18. The van der Waals surface area contributed by atoms with Gasteiger partial charge in [-0.05, 0) is 29.8 Å². The Morgan fingerprint density at radius 3 is 2.85 bits per heavy atom. The van der Waals surface area contributed by atoms with E-state index in [0.717, 1.165) is 5.56 Å². The number of nitrogens with zero attached hydrogens (tertiary/aromatic N) is 1. The van der Waals surface area contributed by atoms with Crippen molar-refractivity contribution >= 4 is 17.5 Å². The number of ketones is 1. The molecule has 2 N–H and O–H groups in total. The predicted molar refractivity (Wildman–Crippen MR) is 74.6 cm³/mol. The quantitative estimate of drug-likeness (QED) is 0.525. The Labute approximate surface area is 115 Å². The van der Waals surface area contributed by atoms with Crippen molar-refractivity contribution in [2.75, 3.05) is 12.5 Å². The summed E-state index contributed by atoms with van der Waals surface area (Å²) in [5.41, 5.74) is 7.48. The number of allylic oxidation sites excluding steroid dienone is 1. The third-order valence-corrected chi connectivity index (χ3v) is 2.92. The number of benzene rings is 1. The first kappa shape index (κ1) is 12.2. The number of hydrogen-bond donors (Lipinski definition) is 1. The van der Waals surface area contributed by atoms with Crippen molar-refractivity contribution < 1.29 is 14.3 Å². The van der Waals surface area contributed by atoms with Crippen molar-refractivity contribution in [2.45, 2.75) is 0 Å². The first-order valence-corrected chi connectivity index (χ1v) is 6.05. The maximum atomic E-state index is 12.2. The maximum absolute atomic E-state index is 12.2.